The molecule has 0 radical (unpaired) electrons. The van der Waals surface area contributed by atoms with Crippen LogP contribution >= 0.6 is 15.9 Å². The van der Waals surface area contributed by atoms with Gasteiger partial charge < -0.3 is 9.16 Å². The quantitative estimate of drug-likeness (QED) is 0.276. The van der Waals surface area contributed by atoms with Crippen molar-refractivity contribution in [1.82, 2.24) is 4.90 Å². The number of nitrogens with zero attached hydrogens (tertiary/aromatic N) is 1. The SMILES string of the molecule is CC[Si](CC)(CC)O[C@@H]1C(=O)N(C(=O)c2ccc(Br)cc2)[C@@H]1c1ccc(OC)cc1. The highest BCUT2D eigenvalue weighted by Gasteiger charge is 2.54. The molecule has 1 saturated heterocycles. The predicted molar refractivity (Wildman–Crippen MR) is 123 cm³/mol. The van der Waals surface area contributed by atoms with Crippen LogP contribution in [0.4, 0.5) is 0 Å². The van der Waals surface area contributed by atoms with E-state index < -0.39 is 20.5 Å². The summed E-state index contributed by atoms with van der Waals surface area (Å²) in [5, 5.41) is 0. The lowest BCUT2D eigenvalue weighted by molar-refractivity contribution is -0.158. The van der Waals surface area contributed by atoms with Crippen LogP contribution < -0.4 is 4.74 Å². The van der Waals surface area contributed by atoms with Crippen molar-refractivity contribution in [2.45, 2.75) is 51.0 Å². The Hall–Kier alpha value is -1.96. The summed E-state index contributed by atoms with van der Waals surface area (Å²) in [6.45, 7) is 6.40. The normalized spacial score (nSPS) is 18.8. The van der Waals surface area contributed by atoms with Crippen molar-refractivity contribution >= 4 is 36.1 Å². The van der Waals surface area contributed by atoms with Gasteiger partial charge >= 0.3 is 0 Å². The zero-order chi connectivity index (χ0) is 21.9. The van der Waals surface area contributed by atoms with Crippen molar-refractivity contribution in [2.75, 3.05) is 7.11 Å². The number of likely N-dealkylation sites (tertiary alicyclic amines) is 1. The van der Waals surface area contributed by atoms with Gasteiger partial charge in [0, 0.05) is 10.0 Å². The molecule has 2 amide bonds. The van der Waals surface area contributed by atoms with Crippen LogP contribution in [-0.2, 0) is 9.22 Å². The molecule has 2 atom stereocenters. The Morgan fingerprint density at radius 3 is 2.07 bits per heavy atom. The number of rotatable bonds is 8. The minimum absolute atomic E-state index is 0.254. The van der Waals surface area contributed by atoms with E-state index in [1.54, 1.807) is 31.4 Å². The maximum Gasteiger partial charge on any atom is 0.261 e. The first kappa shape index (κ1) is 22.7. The van der Waals surface area contributed by atoms with E-state index >= 15 is 0 Å². The first-order chi connectivity index (χ1) is 14.4. The number of methoxy groups -OCH3 is 1. The Morgan fingerprint density at radius 2 is 1.57 bits per heavy atom. The van der Waals surface area contributed by atoms with E-state index in [0.29, 0.717) is 5.56 Å². The van der Waals surface area contributed by atoms with Gasteiger partial charge in [0.25, 0.3) is 11.8 Å². The molecule has 1 heterocycles. The molecule has 0 unspecified atom stereocenters. The third kappa shape index (κ3) is 4.24. The Morgan fingerprint density at radius 1 is 1.00 bits per heavy atom. The molecule has 30 heavy (non-hydrogen) atoms. The summed E-state index contributed by atoms with van der Waals surface area (Å²) in [6, 6.07) is 17.0. The summed E-state index contributed by atoms with van der Waals surface area (Å²) in [4.78, 5) is 27.7. The molecule has 2 aromatic rings. The van der Waals surface area contributed by atoms with Crippen LogP contribution in [0.1, 0.15) is 42.7 Å². The molecule has 0 saturated carbocycles. The third-order valence-corrected chi connectivity index (χ3v) is 11.3. The van der Waals surface area contributed by atoms with E-state index in [-0.39, 0.29) is 11.8 Å². The van der Waals surface area contributed by atoms with E-state index in [2.05, 4.69) is 36.7 Å². The first-order valence-electron chi connectivity index (χ1n) is 10.3. The Bertz CT molecular complexity index is 888. The number of halogens is 1. The fraction of sp³-hybridized carbons (Fsp3) is 0.391. The molecule has 0 aliphatic carbocycles. The maximum atomic E-state index is 13.2. The lowest BCUT2D eigenvalue weighted by Gasteiger charge is -2.48. The zero-order valence-electron chi connectivity index (χ0n) is 17.9. The van der Waals surface area contributed by atoms with Crippen molar-refractivity contribution in [3.05, 3.63) is 64.1 Å². The summed E-state index contributed by atoms with van der Waals surface area (Å²) < 4.78 is 12.7. The first-order valence-corrected chi connectivity index (χ1v) is 13.7. The molecular weight excluding hydrogens is 462 g/mol. The van der Waals surface area contributed by atoms with Crippen LogP contribution in [-0.4, -0.2) is 38.2 Å². The minimum atomic E-state index is -2.03. The Labute approximate surface area is 187 Å². The van der Waals surface area contributed by atoms with Crippen molar-refractivity contribution in [3.8, 4) is 5.75 Å². The Balaban J connectivity index is 1.96. The van der Waals surface area contributed by atoms with Crippen molar-refractivity contribution in [2.24, 2.45) is 0 Å². The highest BCUT2D eigenvalue weighted by atomic mass is 79.9. The average molecular weight is 490 g/mol. The second kappa shape index (κ2) is 9.45. The van der Waals surface area contributed by atoms with Crippen LogP contribution in [0.5, 0.6) is 5.75 Å². The van der Waals surface area contributed by atoms with Crippen molar-refractivity contribution in [3.63, 3.8) is 0 Å². The molecule has 160 valence electrons. The number of hydrogen-bond acceptors (Lipinski definition) is 4. The second-order valence-corrected chi connectivity index (χ2v) is 13.2. The number of amides is 2. The Kier molecular flexibility index (Phi) is 7.16. The molecule has 1 aliphatic heterocycles. The van der Waals surface area contributed by atoms with Gasteiger partial charge in [-0.05, 0) is 60.1 Å². The average Bonchev–Trinajstić information content (AvgIpc) is 2.79. The predicted octanol–water partition coefficient (Wildman–Crippen LogP) is 5.57. The third-order valence-electron chi connectivity index (χ3n) is 6.12. The van der Waals surface area contributed by atoms with Gasteiger partial charge in [0.2, 0.25) is 0 Å². The number of benzene rings is 2. The zero-order valence-corrected chi connectivity index (χ0v) is 20.4. The molecule has 3 rings (SSSR count). The topological polar surface area (TPSA) is 55.8 Å². The number of hydrogen-bond donors (Lipinski definition) is 0. The highest BCUT2D eigenvalue weighted by molar-refractivity contribution is 9.10. The van der Waals surface area contributed by atoms with E-state index in [4.69, 9.17) is 9.16 Å². The van der Waals surface area contributed by atoms with Gasteiger partial charge in [0.05, 0.1) is 13.2 Å². The van der Waals surface area contributed by atoms with Crippen LogP contribution in [0.15, 0.2) is 53.0 Å². The smallest absolute Gasteiger partial charge is 0.261 e. The van der Waals surface area contributed by atoms with Gasteiger partial charge in [-0.1, -0.05) is 48.8 Å². The van der Waals surface area contributed by atoms with Crippen molar-refractivity contribution < 1.29 is 18.8 Å². The molecule has 1 fully saturated rings. The maximum absolute atomic E-state index is 13.2. The summed E-state index contributed by atoms with van der Waals surface area (Å²) in [6.07, 6.45) is -0.621. The lowest BCUT2D eigenvalue weighted by Crippen LogP contribution is -2.64. The molecule has 7 heteroatoms. The van der Waals surface area contributed by atoms with Gasteiger partial charge in [-0.2, -0.15) is 0 Å². The van der Waals surface area contributed by atoms with E-state index in [0.717, 1.165) is 33.9 Å². The van der Waals surface area contributed by atoms with E-state index in [1.807, 2.05) is 24.3 Å². The molecule has 0 bridgehead atoms. The van der Waals surface area contributed by atoms with Gasteiger partial charge in [0.1, 0.15) is 5.75 Å². The van der Waals surface area contributed by atoms with Crippen molar-refractivity contribution in [1.29, 1.82) is 0 Å². The fourth-order valence-electron chi connectivity index (χ4n) is 3.93. The number of carbonyl (C=O) groups is 2. The van der Waals surface area contributed by atoms with Gasteiger partial charge in [-0.25, -0.2) is 0 Å². The number of imide groups is 1. The second-order valence-electron chi connectivity index (χ2n) is 7.52. The molecular formula is C23H28BrNO4Si. The summed E-state index contributed by atoms with van der Waals surface area (Å²) in [7, 11) is -0.413. The molecule has 0 aromatic heterocycles. The molecule has 1 aliphatic rings. The number of β-lactam (4-membered cyclic amide) rings is 1. The highest BCUT2D eigenvalue weighted by Crippen LogP contribution is 2.41. The number of ether oxygens (including phenoxy) is 1. The van der Waals surface area contributed by atoms with E-state index in [1.165, 1.54) is 4.90 Å². The summed E-state index contributed by atoms with van der Waals surface area (Å²) in [5.74, 6) is 0.174. The van der Waals surface area contributed by atoms with Crippen LogP contribution in [0.2, 0.25) is 18.1 Å². The molecule has 0 spiro atoms. The van der Waals surface area contributed by atoms with Gasteiger partial charge in [-0.15, -0.1) is 0 Å². The fourth-order valence-corrected chi connectivity index (χ4v) is 6.96. The monoisotopic (exact) mass is 489 g/mol. The van der Waals surface area contributed by atoms with Gasteiger partial charge in [-0.3, -0.25) is 14.5 Å². The lowest BCUT2D eigenvalue weighted by atomic mass is 9.90. The summed E-state index contributed by atoms with van der Waals surface area (Å²) in [5.41, 5.74) is 1.35. The molecule has 5 nitrogen and oxygen atoms in total. The van der Waals surface area contributed by atoms with Crippen LogP contribution in [0, 0.1) is 0 Å². The van der Waals surface area contributed by atoms with Crippen LogP contribution in [0.3, 0.4) is 0 Å². The summed E-state index contributed by atoms with van der Waals surface area (Å²) >= 11 is 3.38. The largest absolute Gasteiger partial charge is 0.497 e. The van der Waals surface area contributed by atoms with Crippen LogP contribution in [0.25, 0.3) is 0 Å². The number of carbonyl (C=O) groups excluding carboxylic acids is 2. The van der Waals surface area contributed by atoms with E-state index in [9.17, 15) is 9.59 Å². The van der Waals surface area contributed by atoms with Gasteiger partial charge in [0.15, 0.2) is 14.4 Å². The minimum Gasteiger partial charge on any atom is -0.497 e. The molecule has 2 aromatic carbocycles. The molecule has 0 N–H and O–H groups in total. The standard InChI is InChI=1S/C23H28BrNO4Si/c1-5-30(6-2,7-3)29-21-20(16-10-14-19(28-4)15-11-16)25(23(21)27)22(26)17-8-12-18(24)13-9-17/h8-15,20-21H,5-7H2,1-4H3/t20-,21+/m1/s1.